The molecule has 19 heavy (non-hydrogen) atoms. The van der Waals surface area contributed by atoms with Gasteiger partial charge in [0.2, 0.25) is 0 Å². The first-order valence-corrected chi connectivity index (χ1v) is 7.19. The fraction of sp³-hybridized carbons (Fsp3) is 0.357. The minimum atomic E-state index is -0.185. The van der Waals surface area contributed by atoms with Gasteiger partial charge < -0.3 is 9.88 Å². The lowest BCUT2D eigenvalue weighted by Gasteiger charge is -2.15. The first-order valence-electron chi connectivity index (χ1n) is 6.21. The monoisotopic (exact) mass is 279 g/mol. The van der Waals surface area contributed by atoms with E-state index in [1.165, 1.54) is 6.07 Å². The van der Waals surface area contributed by atoms with Crippen molar-refractivity contribution in [3.8, 4) is 0 Å². The number of hydrogen-bond donors (Lipinski definition) is 1. The average molecular weight is 279 g/mol. The average Bonchev–Trinajstić information content (AvgIpc) is 2.80. The fourth-order valence-electron chi connectivity index (χ4n) is 1.81. The largest absolute Gasteiger partial charge is 0.338 e. The van der Waals surface area contributed by atoms with Crippen LogP contribution < -0.4 is 5.32 Å². The number of aromatic nitrogens is 2. The molecule has 1 unspecified atom stereocenters. The third kappa shape index (κ3) is 4.08. The second kappa shape index (κ2) is 6.73. The Labute approximate surface area is 117 Å². The molecule has 2 aromatic rings. The highest BCUT2D eigenvalue weighted by molar-refractivity contribution is 7.99. The van der Waals surface area contributed by atoms with Crippen LogP contribution in [0.2, 0.25) is 0 Å². The van der Waals surface area contributed by atoms with Gasteiger partial charge >= 0.3 is 0 Å². The minimum absolute atomic E-state index is 0.185. The Balaban J connectivity index is 1.91. The molecule has 1 N–H and O–H groups in total. The summed E-state index contributed by atoms with van der Waals surface area (Å²) in [5.41, 5.74) is 0. The highest BCUT2D eigenvalue weighted by atomic mass is 32.2. The number of hydrogen-bond acceptors (Lipinski definition) is 3. The van der Waals surface area contributed by atoms with Crippen molar-refractivity contribution in [3.05, 3.63) is 48.3 Å². The Morgan fingerprint density at radius 2 is 2.32 bits per heavy atom. The number of rotatable bonds is 6. The number of nitrogens with zero attached hydrogens (tertiary/aromatic N) is 2. The zero-order valence-corrected chi connectivity index (χ0v) is 12.0. The zero-order valence-electron chi connectivity index (χ0n) is 11.1. The lowest BCUT2D eigenvalue weighted by molar-refractivity contribution is 0.586. The van der Waals surface area contributed by atoms with Gasteiger partial charge in [0, 0.05) is 42.6 Å². The second-order valence-electron chi connectivity index (χ2n) is 4.41. The molecule has 1 heterocycles. The van der Waals surface area contributed by atoms with Gasteiger partial charge in [-0.05, 0) is 25.2 Å². The van der Waals surface area contributed by atoms with E-state index in [-0.39, 0.29) is 5.82 Å². The van der Waals surface area contributed by atoms with Gasteiger partial charge in [0.25, 0.3) is 0 Å². The van der Waals surface area contributed by atoms with Gasteiger partial charge in [-0.3, -0.25) is 0 Å². The van der Waals surface area contributed by atoms with E-state index in [0.717, 1.165) is 22.9 Å². The summed E-state index contributed by atoms with van der Waals surface area (Å²) in [5.74, 6) is 1.75. The number of aryl methyl sites for hydroxylation is 1. The molecule has 0 amide bonds. The normalized spacial score (nSPS) is 12.6. The SMILES string of the molecule is CNC(CSc1cccc(F)c1)Cc1nccn1C. The molecule has 3 nitrogen and oxygen atoms in total. The van der Waals surface area contributed by atoms with Gasteiger partial charge in [0.15, 0.2) is 0 Å². The van der Waals surface area contributed by atoms with Crippen molar-refractivity contribution in [1.29, 1.82) is 0 Å². The van der Waals surface area contributed by atoms with Crippen molar-refractivity contribution in [2.24, 2.45) is 7.05 Å². The van der Waals surface area contributed by atoms with Crippen LogP contribution in [0.15, 0.2) is 41.6 Å². The highest BCUT2D eigenvalue weighted by Gasteiger charge is 2.11. The Kier molecular flexibility index (Phi) is 4.99. The van der Waals surface area contributed by atoms with Crippen molar-refractivity contribution in [1.82, 2.24) is 14.9 Å². The number of thioether (sulfide) groups is 1. The Morgan fingerprint density at radius 1 is 1.47 bits per heavy atom. The lowest BCUT2D eigenvalue weighted by Crippen LogP contribution is -2.31. The molecule has 0 saturated heterocycles. The predicted octanol–water partition coefficient (Wildman–Crippen LogP) is 2.48. The summed E-state index contributed by atoms with van der Waals surface area (Å²) in [6, 6.07) is 7.02. The molecule has 0 aliphatic carbocycles. The van der Waals surface area contributed by atoms with Crippen molar-refractivity contribution < 1.29 is 4.39 Å². The predicted molar refractivity (Wildman–Crippen MR) is 76.9 cm³/mol. The van der Waals surface area contributed by atoms with Crippen LogP contribution in [0, 0.1) is 5.82 Å². The lowest BCUT2D eigenvalue weighted by atomic mass is 10.2. The molecule has 0 aliphatic heterocycles. The number of halogens is 1. The van der Waals surface area contributed by atoms with Crippen LogP contribution in [0.25, 0.3) is 0 Å². The van der Waals surface area contributed by atoms with E-state index in [1.54, 1.807) is 23.9 Å². The molecular formula is C14H18FN3S. The van der Waals surface area contributed by atoms with Crippen molar-refractivity contribution in [3.63, 3.8) is 0 Å². The summed E-state index contributed by atoms with van der Waals surface area (Å²) in [6.45, 7) is 0. The molecule has 0 radical (unpaired) electrons. The summed E-state index contributed by atoms with van der Waals surface area (Å²) in [7, 11) is 3.94. The number of imidazole rings is 1. The van der Waals surface area contributed by atoms with Crippen molar-refractivity contribution in [2.75, 3.05) is 12.8 Å². The van der Waals surface area contributed by atoms with Crippen molar-refractivity contribution >= 4 is 11.8 Å². The van der Waals surface area contributed by atoms with Crippen LogP contribution in [0.3, 0.4) is 0 Å². The van der Waals surface area contributed by atoms with Gasteiger partial charge in [-0.1, -0.05) is 6.07 Å². The number of likely N-dealkylation sites (N-methyl/N-ethyl adjacent to an activating group) is 1. The van der Waals surface area contributed by atoms with E-state index in [0.29, 0.717) is 6.04 Å². The van der Waals surface area contributed by atoms with Crippen LogP contribution in [0.1, 0.15) is 5.82 Å². The molecule has 0 aliphatic rings. The second-order valence-corrected chi connectivity index (χ2v) is 5.51. The quantitative estimate of drug-likeness (QED) is 0.824. The molecule has 0 fully saturated rings. The Hall–Kier alpha value is -1.33. The van der Waals surface area contributed by atoms with Crippen molar-refractivity contribution in [2.45, 2.75) is 17.4 Å². The van der Waals surface area contributed by atoms with Gasteiger partial charge in [-0.25, -0.2) is 9.37 Å². The number of benzene rings is 1. The van der Waals surface area contributed by atoms with E-state index in [2.05, 4.69) is 10.3 Å². The topological polar surface area (TPSA) is 29.9 Å². The Morgan fingerprint density at radius 3 is 2.95 bits per heavy atom. The molecule has 1 aromatic heterocycles. The maximum atomic E-state index is 13.1. The molecule has 102 valence electrons. The molecular weight excluding hydrogens is 261 g/mol. The summed E-state index contributed by atoms with van der Waals surface area (Å²) in [5, 5.41) is 3.28. The summed E-state index contributed by atoms with van der Waals surface area (Å²) < 4.78 is 15.1. The van der Waals surface area contributed by atoms with E-state index >= 15 is 0 Å². The van der Waals surface area contributed by atoms with Gasteiger partial charge in [0.1, 0.15) is 11.6 Å². The van der Waals surface area contributed by atoms with Gasteiger partial charge in [0.05, 0.1) is 0 Å². The molecule has 1 aromatic carbocycles. The summed E-state index contributed by atoms with van der Waals surface area (Å²) >= 11 is 1.66. The third-order valence-corrected chi connectivity index (χ3v) is 4.16. The smallest absolute Gasteiger partial charge is 0.124 e. The van der Waals surface area contributed by atoms with Crippen LogP contribution in [0.4, 0.5) is 4.39 Å². The fourth-order valence-corrected chi connectivity index (χ4v) is 2.86. The zero-order chi connectivity index (χ0) is 13.7. The van der Waals surface area contributed by atoms with Crippen LogP contribution >= 0.6 is 11.8 Å². The maximum Gasteiger partial charge on any atom is 0.124 e. The minimum Gasteiger partial charge on any atom is -0.338 e. The van der Waals surface area contributed by atoms with E-state index in [9.17, 15) is 4.39 Å². The number of nitrogens with one attached hydrogen (secondary N) is 1. The molecule has 5 heteroatoms. The van der Waals surface area contributed by atoms with E-state index in [4.69, 9.17) is 0 Å². The molecule has 0 bridgehead atoms. The maximum absolute atomic E-state index is 13.1. The van der Waals surface area contributed by atoms with E-state index in [1.807, 2.05) is 37.1 Å². The highest BCUT2D eigenvalue weighted by Crippen LogP contribution is 2.20. The first-order chi connectivity index (χ1) is 9.19. The molecule has 2 rings (SSSR count). The van der Waals surface area contributed by atoms with Crippen LogP contribution in [-0.4, -0.2) is 28.4 Å². The molecule has 1 atom stereocenters. The summed E-state index contributed by atoms with van der Waals surface area (Å²) in [4.78, 5) is 5.28. The van der Waals surface area contributed by atoms with Crippen LogP contribution in [0.5, 0.6) is 0 Å². The van der Waals surface area contributed by atoms with E-state index < -0.39 is 0 Å². The first kappa shape index (κ1) is 14.1. The van der Waals surface area contributed by atoms with Gasteiger partial charge in [-0.2, -0.15) is 0 Å². The Bertz CT molecular complexity index is 527. The van der Waals surface area contributed by atoms with Crippen LogP contribution in [-0.2, 0) is 13.5 Å². The molecule has 0 spiro atoms. The summed E-state index contributed by atoms with van der Waals surface area (Å²) in [6.07, 6.45) is 4.62. The molecule has 0 saturated carbocycles. The third-order valence-electron chi connectivity index (χ3n) is 3.01. The van der Waals surface area contributed by atoms with Gasteiger partial charge in [-0.15, -0.1) is 11.8 Å². The standard InChI is InChI=1S/C14H18FN3S/c1-16-12(9-14-17-6-7-18(14)2)10-19-13-5-3-4-11(15)8-13/h3-8,12,16H,9-10H2,1-2H3.